The topological polar surface area (TPSA) is 54.3 Å². The molecule has 0 radical (unpaired) electrons. The fraction of sp³-hybridized carbons (Fsp3) is 0. The van der Waals surface area contributed by atoms with Gasteiger partial charge < -0.3 is 9.73 Å². The lowest BCUT2D eigenvalue weighted by atomic mass is 10.3. The lowest BCUT2D eigenvalue weighted by Crippen LogP contribution is -2.33. The van der Waals surface area contributed by atoms with Crippen LogP contribution in [0.25, 0.3) is 0 Å². The van der Waals surface area contributed by atoms with Gasteiger partial charge >= 0.3 is 0 Å². The van der Waals surface area contributed by atoms with Crippen molar-refractivity contribution in [3.63, 3.8) is 0 Å². The highest BCUT2D eigenvalue weighted by atomic mass is 127. The fourth-order valence-electron chi connectivity index (χ4n) is 1.30. The molecule has 0 unspecified atom stereocenters. The number of thiocarbonyl (C=S) groups is 1. The van der Waals surface area contributed by atoms with Gasteiger partial charge in [-0.1, -0.05) is 0 Å². The first-order valence-corrected chi connectivity index (χ1v) is 7.46. The van der Waals surface area contributed by atoms with Crippen molar-refractivity contribution in [2.24, 2.45) is 0 Å². The summed E-state index contributed by atoms with van der Waals surface area (Å²) < 4.78 is 6.75. The lowest BCUT2D eigenvalue weighted by molar-refractivity contribution is 0.0949. The highest BCUT2D eigenvalue weighted by Crippen LogP contribution is 2.14. The molecule has 1 aromatic heterocycles. The average molecular weight is 451 g/mol. The number of carbonyl (C=O) groups is 1. The van der Waals surface area contributed by atoms with Crippen molar-refractivity contribution in [1.82, 2.24) is 5.32 Å². The average Bonchev–Trinajstić information content (AvgIpc) is 2.79. The Bertz CT molecular complexity index is 612. The first-order valence-electron chi connectivity index (χ1n) is 5.18. The van der Waals surface area contributed by atoms with Gasteiger partial charge in [0.1, 0.15) is 0 Å². The molecule has 7 heteroatoms. The second-order valence-electron chi connectivity index (χ2n) is 3.52. The number of hydrogen-bond donors (Lipinski definition) is 2. The van der Waals surface area contributed by atoms with Crippen LogP contribution in [0.1, 0.15) is 10.6 Å². The summed E-state index contributed by atoms with van der Waals surface area (Å²) >= 11 is 10.4. The number of halogens is 2. The van der Waals surface area contributed by atoms with Crippen molar-refractivity contribution in [3.8, 4) is 0 Å². The molecule has 1 heterocycles. The van der Waals surface area contributed by atoms with E-state index in [2.05, 4.69) is 49.2 Å². The zero-order valence-electron chi connectivity index (χ0n) is 9.44. The molecular weight excluding hydrogens is 443 g/mol. The van der Waals surface area contributed by atoms with Crippen molar-refractivity contribution in [2.75, 3.05) is 5.32 Å². The molecule has 1 amide bonds. The van der Waals surface area contributed by atoms with Gasteiger partial charge in [-0.15, -0.1) is 0 Å². The van der Waals surface area contributed by atoms with Crippen LogP contribution >= 0.6 is 50.7 Å². The number of anilines is 1. The number of rotatable bonds is 2. The van der Waals surface area contributed by atoms with E-state index >= 15 is 0 Å². The Balaban J connectivity index is 1.94. The summed E-state index contributed by atoms with van der Waals surface area (Å²) in [6.45, 7) is 0. The molecule has 1 aromatic carbocycles. The van der Waals surface area contributed by atoms with E-state index in [1.54, 1.807) is 12.1 Å². The number of nitrogens with one attached hydrogen (secondary N) is 2. The minimum absolute atomic E-state index is 0.193. The third-order valence-electron chi connectivity index (χ3n) is 2.13. The second kappa shape index (κ2) is 6.49. The molecule has 2 rings (SSSR count). The predicted octanol–water partition coefficient (Wildman–Crippen LogP) is 3.77. The molecule has 0 aliphatic carbocycles. The molecule has 2 aromatic rings. The van der Waals surface area contributed by atoms with Gasteiger partial charge in [0, 0.05) is 9.26 Å². The number of hydrogen-bond acceptors (Lipinski definition) is 3. The van der Waals surface area contributed by atoms with Crippen LogP contribution in [0, 0.1) is 3.57 Å². The van der Waals surface area contributed by atoms with Crippen LogP contribution in [0.2, 0.25) is 0 Å². The Hall–Kier alpha value is -0.930. The van der Waals surface area contributed by atoms with Crippen molar-refractivity contribution in [1.29, 1.82) is 0 Å². The highest BCUT2D eigenvalue weighted by molar-refractivity contribution is 14.1. The molecular formula is C12H8BrIN2O2S. The van der Waals surface area contributed by atoms with Crippen molar-refractivity contribution >= 4 is 67.4 Å². The third-order valence-corrected chi connectivity index (χ3v) is 3.48. The summed E-state index contributed by atoms with van der Waals surface area (Å²) in [6, 6.07) is 10.8. The molecule has 0 aliphatic rings. The van der Waals surface area contributed by atoms with Gasteiger partial charge in [0.2, 0.25) is 0 Å². The van der Waals surface area contributed by atoms with Crippen molar-refractivity contribution < 1.29 is 9.21 Å². The summed E-state index contributed by atoms with van der Waals surface area (Å²) in [5.74, 6) is -0.202. The number of furan rings is 1. The van der Waals surface area contributed by atoms with Gasteiger partial charge in [0.15, 0.2) is 15.5 Å². The SMILES string of the molecule is O=C(NC(=S)Nc1ccc(I)cc1)c1ccc(Br)o1. The van der Waals surface area contributed by atoms with E-state index in [1.807, 2.05) is 24.3 Å². The standard InChI is InChI=1S/C12H8BrIN2O2S/c13-10-6-5-9(18-10)11(17)16-12(19)15-8-3-1-7(14)2-4-8/h1-6H,(H2,15,16,17,19). The van der Waals surface area contributed by atoms with Gasteiger partial charge in [0.25, 0.3) is 5.91 Å². The first-order chi connectivity index (χ1) is 9.04. The monoisotopic (exact) mass is 450 g/mol. The second-order valence-corrected chi connectivity index (χ2v) is 5.95. The molecule has 0 saturated carbocycles. The van der Waals surface area contributed by atoms with Crippen LogP contribution in [0.4, 0.5) is 5.69 Å². The van der Waals surface area contributed by atoms with E-state index in [1.165, 1.54) is 0 Å². The smallest absolute Gasteiger partial charge is 0.293 e. The van der Waals surface area contributed by atoms with Gasteiger partial charge in [-0.3, -0.25) is 10.1 Å². The molecule has 0 fully saturated rings. The van der Waals surface area contributed by atoms with Crippen LogP contribution in [0.5, 0.6) is 0 Å². The molecule has 2 N–H and O–H groups in total. The van der Waals surface area contributed by atoms with Crippen LogP contribution in [-0.2, 0) is 0 Å². The van der Waals surface area contributed by atoms with Crippen molar-refractivity contribution in [2.45, 2.75) is 0 Å². The van der Waals surface area contributed by atoms with Gasteiger partial charge in [-0.2, -0.15) is 0 Å². The molecule has 4 nitrogen and oxygen atoms in total. The summed E-state index contributed by atoms with van der Waals surface area (Å²) in [5.41, 5.74) is 0.811. The van der Waals surface area contributed by atoms with E-state index in [-0.39, 0.29) is 10.9 Å². The van der Waals surface area contributed by atoms with Crippen LogP contribution in [-0.4, -0.2) is 11.0 Å². The molecule has 0 aliphatic heterocycles. The quantitative estimate of drug-likeness (QED) is 0.540. The number of amides is 1. The van der Waals surface area contributed by atoms with E-state index in [4.69, 9.17) is 16.6 Å². The van der Waals surface area contributed by atoms with Crippen molar-refractivity contribution in [3.05, 3.63) is 50.4 Å². The zero-order valence-corrected chi connectivity index (χ0v) is 14.0. The van der Waals surface area contributed by atoms with Gasteiger partial charge in [-0.05, 0) is 87.1 Å². The Kier molecular flexibility index (Phi) is 4.94. The lowest BCUT2D eigenvalue weighted by Gasteiger charge is -2.08. The first kappa shape index (κ1) is 14.5. The summed E-state index contributed by atoms with van der Waals surface area (Å²) in [4.78, 5) is 11.8. The molecule has 0 atom stereocenters. The zero-order chi connectivity index (χ0) is 13.8. The molecule has 19 heavy (non-hydrogen) atoms. The summed E-state index contributed by atoms with van der Waals surface area (Å²) in [7, 11) is 0. The number of carbonyl (C=O) groups excluding carboxylic acids is 1. The summed E-state index contributed by atoms with van der Waals surface area (Å²) in [5, 5.41) is 5.68. The molecule has 0 saturated heterocycles. The fourth-order valence-corrected chi connectivity index (χ4v) is 2.17. The van der Waals surface area contributed by atoms with Gasteiger partial charge in [0.05, 0.1) is 0 Å². The van der Waals surface area contributed by atoms with E-state index < -0.39 is 5.91 Å². The molecule has 0 bridgehead atoms. The van der Waals surface area contributed by atoms with Crippen LogP contribution in [0.3, 0.4) is 0 Å². The Morgan fingerprint density at radius 2 is 1.89 bits per heavy atom. The Morgan fingerprint density at radius 3 is 2.47 bits per heavy atom. The Labute approximate surface area is 137 Å². The minimum atomic E-state index is -0.395. The minimum Gasteiger partial charge on any atom is -0.444 e. The maximum Gasteiger partial charge on any atom is 0.293 e. The predicted molar refractivity (Wildman–Crippen MR) is 89.3 cm³/mol. The maximum atomic E-state index is 11.8. The molecule has 0 spiro atoms. The van der Waals surface area contributed by atoms with E-state index in [0.717, 1.165) is 9.26 Å². The number of benzene rings is 1. The van der Waals surface area contributed by atoms with Crippen LogP contribution in [0.15, 0.2) is 45.5 Å². The highest BCUT2D eigenvalue weighted by Gasteiger charge is 2.11. The largest absolute Gasteiger partial charge is 0.444 e. The third kappa shape index (κ3) is 4.29. The van der Waals surface area contributed by atoms with E-state index in [9.17, 15) is 4.79 Å². The summed E-state index contributed by atoms with van der Waals surface area (Å²) in [6.07, 6.45) is 0. The van der Waals surface area contributed by atoms with Gasteiger partial charge in [-0.25, -0.2) is 0 Å². The Morgan fingerprint density at radius 1 is 1.21 bits per heavy atom. The molecule has 98 valence electrons. The maximum absolute atomic E-state index is 11.8. The van der Waals surface area contributed by atoms with E-state index in [0.29, 0.717) is 4.67 Å². The van der Waals surface area contributed by atoms with Crippen LogP contribution < -0.4 is 10.6 Å². The normalized spacial score (nSPS) is 10.0.